The molecule has 5 heteroatoms. The Balaban J connectivity index is 0.000000461. The van der Waals surface area contributed by atoms with Crippen molar-refractivity contribution >= 4 is 28.3 Å². The van der Waals surface area contributed by atoms with Crippen molar-refractivity contribution in [2.45, 2.75) is 0 Å². The van der Waals surface area contributed by atoms with Gasteiger partial charge in [0.15, 0.2) is 0 Å². The Kier molecular flexibility index (Phi) is 3.41. The molecule has 0 aliphatic heterocycles. The van der Waals surface area contributed by atoms with Gasteiger partial charge in [-0.05, 0) is 12.1 Å². The van der Waals surface area contributed by atoms with E-state index in [1.165, 1.54) is 10.2 Å². The average Bonchev–Trinajstić information content (AvgIpc) is 2.59. The number of hydrogen-bond donors (Lipinski definition) is 1. The highest BCUT2D eigenvalue weighted by Gasteiger charge is 1.99. The molecular weight excluding hydrogens is 198 g/mol. The Labute approximate surface area is 85.3 Å². The van der Waals surface area contributed by atoms with Crippen LogP contribution in [0.4, 0.5) is 0 Å². The van der Waals surface area contributed by atoms with Crippen molar-refractivity contribution in [3.63, 3.8) is 0 Å². The molecule has 0 unspecified atom stereocenters. The van der Waals surface area contributed by atoms with Gasteiger partial charge in [-0.1, -0.05) is 23.5 Å². The molecule has 0 bridgehead atoms. The van der Waals surface area contributed by atoms with Gasteiger partial charge < -0.3 is 15.2 Å². The van der Waals surface area contributed by atoms with Crippen LogP contribution in [0.1, 0.15) is 0 Å². The van der Waals surface area contributed by atoms with Crippen molar-refractivity contribution < 1.29 is 4.79 Å². The molecule has 0 saturated carbocycles. The predicted molar refractivity (Wildman–Crippen MR) is 57.7 cm³/mol. The maximum atomic E-state index is 8.00. The quantitative estimate of drug-likeness (QED) is 0.516. The molecule has 14 heavy (non-hydrogen) atoms. The summed E-state index contributed by atoms with van der Waals surface area (Å²) in [5.74, 6) is 5.23. The zero-order chi connectivity index (χ0) is 10.6. The van der Waals surface area contributed by atoms with E-state index >= 15 is 0 Å². The highest BCUT2D eigenvalue weighted by atomic mass is 32.1. The van der Waals surface area contributed by atoms with E-state index in [9.17, 15) is 0 Å². The van der Waals surface area contributed by atoms with Crippen LogP contribution in [0.5, 0.6) is 0 Å². The number of thiazole rings is 1. The van der Waals surface area contributed by atoms with Crippen LogP contribution in [-0.2, 0) is 11.8 Å². The van der Waals surface area contributed by atoms with E-state index in [2.05, 4.69) is 17.2 Å². The molecule has 4 nitrogen and oxygen atoms in total. The normalized spacial score (nSPS) is 11.1. The first-order valence-electron chi connectivity index (χ1n) is 3.90. The summed E-state index contributed by atoms with van der Waals surface area (Å²) < 4.78 is 3.20. The lowest BCUT2D eigenvalue weighted by Crippen LogP contribution is -2.11. The van der Waals surface area contributed by atoms with Crippen LogP contribution in [0, 0.1) is 0 Å². The Bertz CT molecular complexity index is 486. The van der Waals surface area contributed by atoms with Crippen molar-refractivity contribution in [2.75, 3.05) is 0 Å². The number of nitrogens with two attached hydrogens (primary N) is 1. The third-order valence-corrected chi connectivity index (χ3v) is 2.95. The molecule has 2 N–H and O–H groups in total. The van der Waals surface area contributed by atoms with Crippen molar-refractivity contribution in [1.82, 2.24) is 4.57 Å². The van der Waals surface area contributed by atoms with Gasteiger partial charge in [0.25, 0.3) is 0 Å². The summed E-state index contributed by atoms with van der Waals surface area (Å²) in [5.41, 5.74) is 1.17. The van der Waals surface area contributed by atoms with Crippen LogP contribution in [-0.4, -0.2) is 11.4 Å². The number of fused-ring (bicyclic) bond motifs is 1. The number of aromatic nitrogens is 1. The van der Waals surface area contributed by atoms with Gasteiger partial charge in [-0.3, -0.25) is 0 Å². The number of benzene rings is 1. The molecule has 0 atom stereocenters. The Hall–Kier alpha value is -1.62. The number of nitrogens with zero attached hydrogens (tertiary/aromatic N) is 2. The molecule has 2 aromatic rings. The maximum Gasteiger partial charge on any atom is 0.208 e. The van der Waals surface area contributed by atoms with E-state index in [-0.39, 0.29) is 0 Å². The Morgan fingerprint density at radius 1 is 1.43 bits per heavy atom. The molecule has 1 aromatic heterocycles. The lowest BCUT2D eigenvalue weighted by Gasteiger charge is -1.91. The lowest BCUT2D eigenvalue weighted by molar-refractivity contribution is -0.0979. The van der Waals surface area contributed by atoms with E-state index in [0.29, 0.717) is 0 Å². The van der Waals surface area contributed by atoms with E-state index in [0.717, 1.165) is 4.80 Å². The highest BCUT2D eigenvalue weighted by molar-refractivity contribution is 7.16. The third-order valence-electron chi connectivity index (χ3n) is 1.83. The fourth-order valence-corrected chi connectivity index (χ4v) is 2.14. The summed E-state index contributed by atoms with van der Waals surface area (Å²) in [7, 11) is 1.96. The van der Waals surface area contributed by atoms with Gasteiger partial charge in [-0.15, -0.1) is 0 Å². The first-order valence-corrected chi connectivity index (χ1v) is 4.72. The molecule has 74 valence electrons. The minimum Gasteiger partial charge on any atom is -0.320 e. The minimum absolute atomic E-state index is 0.844. The average molecular weight is 209 g/mol. The SMILES string of the molecule is C=O.Cn1/c(=N\N)sc2ccccc21. The van der Waals surface area contributed by atoms with Gasteiger partial charge in [0, 0.05) is 7.05 Å². The topological polar surface area (TPSA) is 60.4 Å². The highest BCUT2D eigenvalue weighted by Crippen LogP contribution is 2.14. The van der Waals surface area contributed by atoms with Gasteiger partial charge in [0.2, 0.25) is 4.80 Å². The molecule has 0 fully saturated rings. The summed E-state index contributed by atoms with van der Waals surface area (Å²) in [6.07, 6.45) is 0. The van der Waals surface area contributed by atoms with Crippen molar-refractivity contribution in [1.29, 1.82) is 0 Å². The lowest BCUT2D eigenvalue weighted by atomic mass is 10.3. The van der Waals surface area contributed by atoms with Gasteiger partial charge in [0.05, 0.1) is 10.2 Å². The number of carbonyl (C=O) groups is 1. The first kappa shape index (κ1) is 10.5. The van der Waals surface area contributed by atoms with Crippen LogP contribution < -0.4 is 10.6 Å². The smallest absolute Gasteiger partial charge is 0.208 e. The van der Waals surface area contributed by atoms with E-state index in [4.69, 9.17) is 10.6 Å². The van der Waals surface area contributed by atoms with Crippen molar-refractivity contribution in [3.8, 4) is 0 Å². The summed E-state index contributed by atoms with van der Waals surface area (Å²) in [6, 6.07) is 8.14. The van der Waals surface area contributed by atoms with E-state index in [1.807, 2.05) is 30.5 Å². The van der Waals surface area contributed by atoms with Crippen molar-refractivity contribution in [3.05, 3.63) is 29.1 Å². The second-order valence-corrected chi connectivity index (χ2v) is 3.55. The third kappa shape index (κ3) is 1.67. The Morgan fingerprint density at radius 2 is 2.07 bits per heavy atom. The molecule has 0 saturated heterocycles. The van der Waals surface area contributed by atoms with Gasteiger partial charge in [-0.2, -0.15) is 5.10 Å². The van der Waals surface area contributed by atoms with E-state index in [1.54, 1.807) is 11.3 Å². The zero-order valence-electron chi connectivity index (χ0n) is 7.80. The van der Waals surface area contributed by atoms with Crippen LogP contribution in [0.15, 0.2) is 29.4 Å². The molecule has 0 amide bonds. The largest absolute Gasteiger partial charge is 0.320 e. The molecule has 1 heterocycles. The van der Waals surface area contributed by atoms with Crippen molar-refractivity contribution in [2.24, 2.45) is 18.0 Å². The maximum absolute atomic E-state index is 8.00. The number of hydrogen-bond acceptors (Lipinski definition) is 4. The van der Waals surface area contributed by atoms with Crippen LogP contribution in [0.3, 0.4) is 0 Å². The van der Waals surface area contributed by atoms with Crippen LogP contribution >= 0.6 is 11.3 Å². The first-order chi connectivity index (χ1) is 6.83. The number of rotatable bonds is 0. The molecule has 0 aliphatic carbocycles. The molecule has 2 rings (SSSR count). The fraction of sp³-hybridized carbons (Fsp3) is 0.111. The van der Waals surface area contributed by atoms with E-state index < -0.39 is 0 Å². The predicted octanol–water partition coefficient (Wildman–Crippen LogP) is 0.829. The van der Waals surface area contributed by atoms with Crippen LogP contribution in [0.2, 0.25) is 0 Å². The molecule has 0 spiro atoms. The van der Waals surface area contributed by atoms with Crippen LogP contribution in [0.25, 0.3) is 10.2 Å². The van der Waals surface area contributed by atoms with Gasteiger partial charge in [-0.25, -0.2) is 0 Å². The second-order valence-electron chi connectivity index (χ2n) is 2.54. The standard InChI is InChI=1S/C8H9N3S.CH2O/c1-11-6-4-2-3-5-7(6)12-8(11)10-9;1-2/h2-5H,9H2,1H3;1H2/b10-8+;. The second kappa shape index (κ2) is 4.57. The monoisotopic (exact) mass is 209 g/mol. The minimum atomic E-state index is 0.844. The molecule has 1 aromatic carbocycles. The molecule has 0 radical (unpaired) electrons. The molecular formula is C9H11N3OS. The molecule has 0 aliphatic rings. The zero-order valence-corrected chi connectivity index (χ0v) is 8.62. The van der Waals surface area contributed by atoms with Gasteiger partial charge >= 0.3 is 0 Å². The number of para-hydroxylation sites is 1. The van der Waals surface area contributed by atoms with Gasteiger partial charge in [0.1, 0.15) is 6.79 Å². The summed E-state index contributed by atoms with van der Waals surface area (Å²) in [5, 5.41) is 3.69. The fourth-order valence-electron chi connectivity index (χ4n) is 1.20. The number of carbonyl (C=O) groups excluding carboxylic acids is 1. The Morgan fingerprint density at radius 3 is 2.64 bits per heavy atom. The summed E-state index contributed by atoms with van der Waals surface area (Å²) >= 11 is 1.60. The summed E-state index contributed by atoms with van der Waals surface area (Å²) in [6.45, 7) is 2.00. The number of aryl methyl sites for hydroxylation is 1. The summed E-state index contributed by atoms with van der Waals surface area (Å²) in [4.78, 5) is 8.84.